The van der Waals surface area contributed by atoms with Crippen molar-refractivity contribution in [1.82, 2.24) is 0 Å². The fraction of sp³-hybridized carbons (Fsp3) is 0.933. The van der Waals surface area contributed by atoms with Crippen LogP contribution in [0.1, 0.15) is 113 Å². The summed E-state index contributed by atoms with van der Waals surface area (Å²) < 4.78 is 0. The molecule has 0 spiro atoms. The first-order valence-electron chi connectivity index (χ1n) is 13.8. The average Bonchev–Trinajstić information content (AvgIpc) is 2.71. The van der Waals surface area contributed by atoms with Crippen LogP contribution in [-0.4, -0.2) is 22.9 Å². The third-order valence-corrected chi connectivity index (χ3v) is 13.0. The van der Waals surface area contributed by atoms with Crippen LogP contribution in [0, 0.1) is 50.2 Å². The van der Waals surface area contributed by atoms with Crippen LogP contribution in [0.2, 0.25) is 0 Å². The first-order chi connectivity index (χ1) is 14.8. The number of hydrogen-bond donors (Lipinski definition) is 2. The number of hydrogen-bond acceptors (Lipinski definition) is 2. The Labute approximate surface area is 197 Å². The van der Waals surface area contributed by atoms with E-state index >= 15 is 0 Å². The third-order valence-electron chi connectivity index (χ3n) is 13.0. The van der Waals surface area contributed by atoms with Gasteiger partial charge in [-0.3, -0.25) is 0 Å². The van der Waals surface area contributed by atoms with E-state index in [-0.39, 0.29) is 27.8 Å². The molecule has 0 aromatic rings. The molecule has 0 aliphatic heterocycles. The van der Waals surface area contributed by atoms with Gasteiger partial charge >= 0.3 is 0 Å². The molecule has 0 unspecified atom stereocenters. The second-order valence-electron chi connectivity index (χ2n) is 15.2. The van der Waals surface area contributed by atoms with Crippen molar-refractivity contribution in [3.05, 3.63) is 11.6 Å². The van der Waals surface area contributed by atoms with E-state index < -0.39 is 0 Å². The molecule has 5 aliphatic rings. The van der Waals surface area contributed by atoms with Gasteiger partial charge in [0, 0.05) is 5.41 Å². The molecule has 8 atom stereocenters. The van der Waals surface area contributed by atoms with Crippen LogP contribution in [0.25, 0.3) is 0 Å². The highest BCUT2D eigenvalue weighted by Gasteiger charge is 2.69. The van der Waals surface area contributed by atoms with Gasteiger partial charge < -0.3 is 10.2 Å². The predicted molar refractivity (Wildman–Crippen MR) is 132 cm³/mol. The molecule has 0 amide bonds. The molecule has 182 valence electrons. The van der Waals surface area contributed by atoms with E-state index in [0.717, 1.165) is 12.8 Å². The molecule has 5 rings (SSSR count). The molecule has 0 radical (unpaired) electrons. The highest BCUT2D eigenvalue weighted by Crippen LogP contribution is 2.75. The molecule has 0 heterocycles. The van der Waals surface area contributed by atoms with Gasteiger partial charge in [-0.2, -0.15) is 0 Å². The molecule has 0 bridgehead atoms. The van der Waals surface area contributed by atoms with E-state index in [2.05, 4.69) is 54.5 Å². The molecule has 0 aromatic heterocycles. The quantitative estimate of drug-likeness (QED) is 0.424. The van der Waals surface area contributed by atoms with Gasteiger partial charge in [0.15, 0.2) is 0 Å². The summed E-state index contributed by atoms with van der Waals surface area (Å²) in [5, 5.41) is 22.1. The smallest absolute Gasteiger partial charge is 0.0594 e. The molecule has 32 heavy (non-hydrogen) atoms. The first-order valence-corrected chi connectivity index (χ1v) is 13.8. The highest BCUT2D eigenvalue weighted by atomic mass is 16.3. The predicted octanol–water partition coefficient (Wildman–Crippen LogP) is 7.14. The molecule has 0 saturated heterocycles. The maximum absolute atomic E-state index is 11.2. The largest absolute Gasteiger partial charge is 0.395 e. The Kier molecular flexibility index (Phi) is 5.02. The Bertz CT molecular complexity index is 810. The van der Waals surface area contributed by atoms with Crippen molar-refractivity contribution >= 4 is 0 Å². The van der Waals surface area contributed by atoms with Crippen LogP contribution >= 0.6 is 0 Å². The standard InChI is InChI=1S/C30H50O2/c1-25(2)14-15-27(5)16-17-30(19-31)20(21(27)18-25)8-9-23-28(6)12-11-24(32)26(3,4)22(28)10-13-29(23,30)7/h8,21-24,31-32H,9-19H2,1-7H3/t21-,22+,23-,24+,27-,28+,29-,30+/m1/s1. The van der Waals surface area contributed by atoms with Crippen molar-refractivity contribution < 1.29 is 10.2 Å². The minimum atomic E-state index is -0.175. The van der Waals surface area contributed by atoms with Crippen molar-refractivity contribution in [3.8, 4) is 0 Å². The lowest BCUT2D eigenvalue weighted by Gasteiger charge is -2.71. The van der Waals surface area contributed by atoms with Gasteiger partial charge in [-0.15, -0.1) is 0 Å². The number of allylic oxidation sites excluding steroid dienone is 1. The van der Waals surface area contributed by atoms with Crippen LogP contribution in [0.5, 0.6) is 0 Å². The summed E-state index contributed by atoms with van der Waals surface area (Å²) in [4.78, 5) is 0. The molecule has 5 aliphatic carbocycles. The summed E-state index contributed by atoms with van der Waals surface area (Å²) in [5.74, 6) is 1.82. The van der Waals surface area contributed by atoms with Crippen LogP contribution in [-0.2, 0) is 0 Å². The third kappa shape index (κ3) is 2.78. The van der Waals surface area contributed by atoms with E-state index in [1.165, 1.54) is 51.4 Å². The van der Waals surface area contributed by atoms with Gasteiger partial charge in [-0.25, -0.2) is 0 Å². The number of aliphatic hydroxyl groups is 2. The zero-order valence-corrected chi connectivity index (χ0v) is 22.1. The Hall–Kier alpha value is -0.340. The Morgan fingerprint density at radius 1 is 0.844 bits per heavy atom. The zero-order chi connectivity index (χ0) is 23.4. The summed E-state index contributed by atoms with van der Waals surface area (Å²) in [5.41, 5.74) is 2.86. The first kappa shape index (κ1) is 23.4. The lowest BCUT2D eigenvalue weighted by Crippen LogP contribution is -2.65. The lowest BCUT2D eigenvalue weighted by atomic mass is 9.33. The van der Waals surface area contributed by atoms with Gasteiger partial charge in [0.25, 0.3) is 0 Å². The van der Waals surface area contributed by atoms with Crippen LogP contribution in [0.3, 0.4) is 0 Å². The second kappa shape index (κ2) is 6.87. The number of rotatable bonds is 1. The number of aliphatic hydroxyl groups excluding tert-OH is 2. The van der Waals surface area contributed by atoms with Crippen LogP contribution in [0.15, 0.2) is 11.6 Å². The number of fused-ring (bicyclic) bond motifs is 7. The summed E-state index contributed by atoms with van der Waals surface area (Å²) in [7, 11) is 0. The molecule has 4 saturated carbocycles. The van der Waals surface area contributed by atoms with Gasteiger partial charge in [-0.1, -0.05) is 60.1 Å². The van der Waals surface area contributed by atoms with E-state index in [1.54, 1.807) is 5.57 Å². The molecule has 4 fully saturated rings. The van der Waals surface area contributed by atoms with Crippen LogP contribution < -0.4 is 0 Å². The SMILES string of the molecule is CC1(C)CC[C@]2(C)CC[C@]3(CO)C(=CC[C@@H]4[C@@]5(C)CC[C@H](O)C(C)(C)[C@@H]5CC[C@]43C)[C@H]2C1. The Morgan fingerprint density at radius 2 is 1.53 bits per heavy atom. The molecule has 2 nitrogen and oxygen atoms in total. The van der Waals surface area contributed by atoms with Crippen LogP contribution in [0.4, 0.5) is 0 Å². The highest BCUT2D eigenvalue weighted by molar-refractivity contribution is 5.34. The minimum Gasteiger partial charge on any atom is -0.395 e. The monoisotopic (exact) mass is 442 g/mol. The van der Waals surface area contributed by atoms with Gasteiger partial charge in [0.1, 0.15) is 0 Å². The summed E-state index contributed by atoms with van der Waals surface area (Å²) >= 11 is 0. The minimum absolute atomic E-state index is 0.0107. The second-order valence-corrected chi connectivity index (χ2v) is 15.2. The van der Waals surface area contributed by atoms with E-state index in [4.69, 9.17) is 0 Å². The molecule has 0 aromatic carbocycles. The normalized spacial score (nSPS) is 53.8. The average molecular weight is 443 g/mol. The van der Waals surface area contributed by atoms with Crippen molar-refractivity contribution in [2.45, 2.75) is 119 Å². The van der Waals surface area contributed by atoms with Crippen molar-refractivity contribution in [2.75, 3.05) is 6.61 Å². The zero-order valence-electron chi connectivity index (χ0n) is 22.1. The summed E-state index contributed by atoms with van der Waals surface area (Å²) in [6, 6.07) is 0. The fourth-order valence-corrected chi connectivity index (χ4v) is 10.7. The lowest BCUT2D eigenvalue weighted by molar-refractivity contribution is -0.212. The summed E-state index contributed by atoms with van der Waals surface area (Å²) in [6.45, 7) is 17.6. The van der Waals surface area contributed by atoms with Crippen molar-refractivity contribution in [1.29, 1.82) is 0 Å². The van der Waals surface area contributed by atoms with E-state index in [1.807, 2.05) is 0 Å². The Morgan fingerprint density at radius 3 is 2.22 bits per heavy atom. The van der Waals surface area contributed by atoms with E-state index in [0.29, 0.717) is 35.2 Å². The fourth-order valence-electron chi connectivity index (χ4n) is 10.7. The maximum Gasteiger partial charge on any atom is 0.0594 e. The summed E-state index contributed by atoms with van der Waals surface area (Å²) in [6.07, 6.45) is 14.6. The molecular formula is C30H50O2. The van der Waals surface area contributed by atoms with Gasteiger partial charge in [0.05, 0.1) is 12.7 Å². The van der Waals surface area contributed by atoms with Crippen molar-refractivity contribution in [2.24, 2.45) is 50.2 Å². The van der Waals surface area contributed by atoms with Gasteiger partial charge in [-0.05, 0) is 109 Å². The molecule has 2 heteroatoms. The Balaban J connectivity index is 1.60. The van der Waals surface area contributed by atoms with E-state index in [9.17, 15) is 10.2 Å². The maximum atomic E-state index is 11.2. The molecular weight excluding hydrogens is 392 g/mol. The molecule has 2 N–H and O–H groups in total. The topological polar surface area (TPSA) is 40.5 Å². The van der Waals surface area contributed by atoms with Gasteiger partial charge in [0.2, 0.25) is 0 Å². The van der Waals surface area contributed by atoms with Crippen molar-refractivity contribution in [3.63, 3.8) is 0 Å².